The van der Waals surface area contributed by atoms with Gasteiger partial charge in [-0.15, -0.1) is 24.0 Å². The molecule has 2 aliphatic heterocycles. The van der Waals surface area contributed by atoms with Gasteiger partial charge in [0.1, 0.15) is 11.5 Å². The highest BCUT2D eigenvalue weighted by Crippen LogP contribution is 2.34. The van der Waals surface area contributed by atoms with Crippen LogP contribution in [0.2, 0.25) is 0 Å². The molecule has 3 atom stereocenters. The van der Waals surface area contributed by atoms with Gasteiger partial charge < -0.3 is 24.8 Å². The number of guanidine groups is 1. The Kier molecular flexibility index (Phi) is 7.61. The fraction of sp³-hybridized carbons (Fsp3) is 0.611. The van der Waals surface area contributed by atoms with Crippen LogP contribution in [-0.4, -0.2) is 52.0 Å². The van der Waals surface area contributed by atoms with Gasteiger partial charge in [0.25, 0.3) is 0 Å². The molecule has 0 saturated carbocycles. The van der Waals surface area contributed by atoms with E-state index in [0.29, 0.717) is 18.2 Å². The predicted octanol–water partition coefficient (Wildman–Crippen LogP) is 2.35. The Bertz CT molecular complexity index is 597. The summed E-state index contributed by atoms with van der Waals surface area (Å²) in [4.78, 5) is 4.33. The van der Waals surface area contributed by atoms with Crippen LogP contribution in [0.3, 0.4) is 0 Å². The summed E-state index contributed by atoms with van der Waals surface area (Å²) in [6.07, 6.45) is 5.03. The molecular weight excluding hydrogens is 433 g/mol. The quantitative estimate of drug-likeness (QED) is 0.387. The summed E-state index contributed by atoms with van der Waals surface area (Å²) in [6, 6.07) is 6.24. The van der Waals surface area contributed by atoms with E-state index in [4.69, 9.17) is 14.2 Å². The van der Waals surface area contributed by atoms with Crippen molar-refractivity contribution < 1.29 is 14.2 Å². The molecule has 3 rings (SSSR count). The number of rotatable bonds is 6. The van der Waals surface area contributed by atoms with Crippen LogP contribution in [0.4, 0.5) is 0 Å². The average molecular weight is 461 g/mol. The lowest BCUT2D eigenvalue weighted by molar-refractivity contribution is 0.0992. The van der Waals surface area contributed by atoms with Crippen LogP contribution in [0.25, 0.3) is 0 Å². The summed E-state index contributed by atoms with van der Waals surface area (Å²) in [6.45, 7) is 0.769. The van der Waals surface area contributed by atoms with Gasteiger partial charge in [0.05, 0.1) is 32.5 Å². The standard InChI is InChI=1S/C18H27N3O3.HI/c1-19-18(21-15-11-14-5-7-17(15)24-14)20-9-8-12-10-13(22-2)4-6-16(12)23-3;/h4,6,10,14-15,17H,5,7-9,11H2,1-3H3,(H2,19,20,21);1H. The first-order valence-electron chi connectivity index (χ1n) is 8.57. The first kappa shape index (κ1) is 20.1. The van der Waals surface area contributed by atoms with E-state index in [1.165, 1.54) is 6.42 Å². The Hall–Kier alpha value is -1.22. The fourth-order valence-corrected chi connectivity index (χ4v) is 3.55. The van der Waals surface area contributed by atoms with Crippen LogP contribution < -0.4 is 20.1 Å². The van der Waals surface area contributed by atoms with Crippen molar-refractivity contribution in [1.29, 1.82) is 0 Å². The number of nitrogens with one attached hydrogen (secondary N) is 2. The molecule has 0 radical (unpaired) electrons. The lowest BCUT2D eigenvalue weighted by Gasteiger charge is -2.22. The zero-order chi connectivity index (χ0) is 16.9. The molecule has 0 spiro atoms. The number of nitrogens with zero attached hydrogens (tertiary/aromatic N) is 1. The van der Waals surface area contributed by atoms with E-state index in [0.717, 1.165) is 48.8 Å². The van der Waals surface area contributed by atoms with E-state index in [1.807, 2.05) is 18.2 Å². The Morgan fingerprint density at radius 1 is 1.28 bits per heavy atom. The van der Waals surface area contributed by atoms with Crippen molar-refractivity contribution in [2.24, 2.45) is 4.99 Å². The summed E-state index contributed by atoms with van der Waals surface area (Å²) in [5.41, 5.74) is 1.11. The molecule has 2 saturated heterocycles. The number of halogens is 1. The molecule has 3 unspecified atom stereocenters. The van der Waals surface area contributed by atoms with E-state index in [1.54, 1.807) is 21.3 Å². The number of benzene rings is 1. The smallest absolute Gasteiger partial charge is 0.191 e. The summed E-state index contributed by atoms with van der Waals surface area (Å²) in [5.74, 6) is 2.55. The maximum absolute atomic E-state index is 5.88. The van der Waals surface area contributed by atoms with Gasteiger partial charge in [-0.25, -0.2) is 0 Å². The van der Waals surface area contributed by atoms with Crippen molar-refractivity contribution in [1.82, 2.24) is 10.6 Å². The topological polar surface area (TPSA) is 64.1 Å². The normalized spacial score (nSPS) is 24.6. The molecule has 2 aliphatic rings. The van der Waals surface area contributed by atoms with Crippen molar-refractivity contribution in [3.8, 4) is 11.5 Å². The van der Waals surface area contributed by atoms with Crippen molar-refractivity contribution >= 4 is 29.9 Å². The van der Waals surface area contributed by atoms with Crippen molar-refractivity contribution in [3.63, 3.8) is 0 Å². The summed E-state index contributed by atoms with van der Waals surface area (Å²) in [7, 11) is 5.16. The lowest BCUT2D eigenvalue weighted by atomic mass is 9.96. The van der Waals surface area contributed by atoms with Gasteiger partial charge in [-0.2, -0.15) is 0 Å². The van der Waals surface area contributed by atoms with E-state index in [2.05, 4.69) is 15.6 Å². The average Bonchev–Trinajstić information content (AvgIpc) is 3.23. The monoisotopic (exact) mass is 461 g/mol. The van der Waals surface area contributed by atoms with Crippen LogP contribution in [0.15, 0.2) is 23.2 Å². The van der Waals surface area contributed by atoms with Gasteiger partial charge in [0.15, 0.2) is 5.96 Å². The maximum atomic E-state index is 5.88. The molecule has 1 aromatic carbocycles. The van der Waals surface area contributed by atoms with E-state index >= 15 is 0 Å². The van der Waals surface area contributed by atoms with Crippen LogP contribution in [0, 0.1) is 0 Å². The van der Waals surface area contributed by atoms with Crippen LogP contribution >= 0.6 is 24.0 Å². The number of methoxy groups -OCH3 is 2. The molecular formula is C18H28IN3O3. The van der Waals surface area contributed by atoms with E-state index in [9.17, 15) is 0 Å². The molecule has 0 aliphatic carbocycles. The molecule has 1 aromatic rings. The molecule has 2 bridgehead atoms. The summed E-state index contributed by atoms with van der Waals surface area (Å²) in [5, 5.41) is 6.87. The Labute approximate surface area is 166 Å². The molecule has 0 aromatic heterocycles. The minimum absolute atomic E-state index is 0. The molecule has 2 N–H and O–H groups in total. The summed E-state index contributed by atoms with van der Waals surface area (Å²) >= 11 is 0. The molecule has 2 heterocycles. The molecule has 6 nitrogen and oxygen atoms in total. The van der Waals surface area contributed by atoms with Crippen LogP contribution in [0.1, 0.15) is 24.8 Å². The number of fused-ring (bicyclic) bond motifs is 2. The third kappa shape index (κ3) is 4.91. The first-order valence-corrected chi connectivity index (χ1v) is 8.57. The SMILES string of the molecule is CN=C(NCCc1cc(OC)ccc1OC)NC1CC2CCC1O2.I. The highest BCUT2D eigenvalue weighted by molar-refractivity contribution is 14.0. The Morgan fingerprint density at radius 2 is 2.12 bits per heavy atom. The first-order chi connectivity index (χ1) is 11.7. The highest BCUT2D eigenvalue weighted by atomic mass is 127. The van der Waals surface area contributed by atoms with Crippen LogP contribution in [0.5, 0.6) is 11.5 Å². The molecule has 0 amide bonds. The maximum Gasteiger partial charge on any atom is 0.191 e. The summed E-state index contributed by atoms with van der Waals surface area (Å²) < 4.78 is 16.6. The van der Waals surface area contributed by atoms with Gasteiger partial charge in [-0.1, -0.05) is 0 Å². The molecule has 7 heteroatoms. The van der Waals surface area contributed by atoms with E-state index < -0.39 is 0 Å². The van der Waals surface area contributed by atoms with Gasteiger partial charge in [-0.05, 0) is 49.4 Å². The van der Waals surface area contributed by atoms with Crippen molar-refractivity contribution in [3.05, 3.63) is 23.8 Å². The second kappa shape index (κ2) is 9.47. The molecule has 25 heavy (non-hydrogen) atoms. The van der Waals surface area contributed by atoms with Crippen molar-refractivity contribution in [2.45, 2.75) is 43.9 Å². The Balaban J connectivity index is 0.00000225. The Morgan fingerprint density at radius 3 is 2.72 bits per heavy atom. The van der Waals surface area contributed by atoms with Gasteiger partial charge in [0, 0.05) is 13.6 Å². The minimum Gasteiger partial charge on any atom is -0.497 e. The zero-order valence-electron chi connectivity index (χ0n) is 15.1. The number of hydrogen-bond acceptors (Lipinski definition) is 4. The second-order valence-electron chi connectivity index (χ2n) is 6.29. The third-order valence-electron chi connectivity index (χ3n) is 4.83. The lowest BCUT2D eigenvalue weighted by Crippen LogP contribution is -2.47. The number of aliphatic imine (C=N–C) groups is 1. The molecule has 140 valence electrons. The fourth-order valence-electron chi connectivity index (χ4n) is 3.55. The third-order valence-corrected chi connectivity index (χ3v) is 4.83. The molecule has 2 fully saturated rings. The predicted molar refractivity (Wildman–Crippen MR) is 109 cm³/mol. The van der Waals surface area contributed by atoms with Gasteiger partial charge >= 0.3 is 0 Å². The zero-order valence-corrected chi connectivity index (χ0v) is 17.4. The highest BCUT2D eigenvalue weighted by Gasteiger charge is 2.41. The minimum atomic E-state index is 0. The second-order valence-corrected chi connectivity index (χ2v) is 6.29. The largest absolute Gasteiger partial charge is 0.497 e. The van der Waals surface area contributed by atoms with Crippen LogP contribution in [-0.2, 0) is 11.2 Å². The van der Waals surface area contributed by atoms with Gasteiger partial charge in [-0.3, -0.25) is 4.99 Å². The number of hydrogen-bond donors (Lipinski definition) is 2. The van der Waals surface area contributed by atoms with Gasteiger partial charge in [0.2, 0.25) is 0 Å². The van der Waals surface area contributed by atoms with E-state index in [-0.39, 0.29) is 24.0 Å². The van der Waals surface area contributed by atoms with Crippen molar-refractivity contribution in [2.75, 3.05) is 27.8 Å². The number of ether oxygens (including phenoxy) is 3.